The van der Waals surface area contributed by atoms with Crippen LogP contribution in [-0.4, -0.2) is 49.6 Å². The number of nitrogens with zero attached hydrogens (tertiary/aromatic N) is 1. The fourth-order valence-electron chi connectivity index (χ4n) is 2.97. The average molecular weight is 332 g/mol. The lowest BCUT2D eigenvalue weighted by molar-refractivity contribution is -0.129. The molecule has 1 atom stereocenters. The molecule has 6 nitrogen and oxygen atoms in total. The van der Waals surface area contributed by atoms with E-state index in [9.17, 15) is 9.59 Å². The molecule has 2 fully saturated rings. The van der Waals surface area contributed by atoms with Gasteiger partial charge in [0.1, 0.15) is 12.4 Å². The van der Waals surface area contributed by atoms with E-state index in [0.717, 1.165) is 24.2 Å². The van der Waals surface area contributed by atoms with Gasteiger partial charge in [0, 0.05) is 32.7 Å². The van der Waals surface area contributed by atoms with Crippen molar-refractivity contribution in [1.82, 2.24) is 10.2 Å². The predicted molar refractivity (Wildman–Crippen MR) is 88.5 cm³/mol. The van der Waals surface area contributed by atoms with Crippen LogP contribution >= 0.6 is 0 Å². The topological polar surface area (TPSA) is 67.9 Å². The molecule has 1 aliphatic heterocycles. The highest BCUT2D eigenvalue weighted by Crippen LogP contribution is 2.32. The maximum absolute atomic E-state index is 12.3. The summed E-state index contributed by atoms with van der Waals surface area (Å²) in [6, 6.07) is 8.02. The lowest BCUT2D eigenvalue weighted by atomic mass is 10.1. The quantitative estimate of drug-likeness (QED) is 0.730. The predicted octanol–water partition coefficient (Wildman–Crippen LogP) is 1.34. The van der Waals surface area contributed by atoms with Crippen molar-refractivity contribution in [3.05, 3.63) is 29.8 Å². The van der Waals surface area contributed by atoms with Crippen LogP contribution < -0.4 is 10.1 Å². The van der Waals surface area contributed by atoms with E-state index in [-0.39, 0.29) is 17.7 Å². The molecule has 1 aliphatic carbocycles. The first-order chi connectivity index (χ1) is 11.7. The molecule has 3 rings (SSSR count). The van der Waals surface area contributed by atoms with Crippen LogP contribution in [0.3, 0.4) is 0 Å². The van der Waals surface area contributed by atoms with Gasteiger partial charge in [0.15, 0.2) is 0 Å². The van der Waals surface area contributed by atoms with Gasteiger partial charge in [-0.2, -0.15) is 0 Å². The molecule has 6 heteroatoms. The number of methoxy groups -OCH3 is 1. The van der Waals surface area contributed by atoms with E-state index in [1.165, 1.54) is 0 Å². The van der Waals surface area contributed by atoms with Crippen molar-refractivity contribution in [3.8, 4) is 5.75 Å². The Kier molecular flexibility index (Phi) is 5.35. The smallest absolute Gasteiger partial charge is 0.225 e. The van der Waals surface area contributed by atoms with Crippen molar-refractivity contribution in [2.24, 2.45) is 5.92 Å². The molecular formula is C18H24N2O4. The first kappa shape index (κ1) is 16.8. The molecule has 1 saturated heterocycles. The molecule has 1 saturated carbocycles. The molecule has 24 heavy (non-hydrogen) atoms. The lowest BCUT2D eigenvalue weighted by Crippen LogP contribution is -2.33. The maximum Gasteiger partial charge on any atom is 0.225 e. The molecule has 2 amide bonds. The molecule has 0 spiro atoms. The first-order valence-corrected chi connectivity index (χ1v) is 8.45. The normalized spacial score (nSPS) is 20.3. The zero-order chi connectivity index (χ0) is 16.9. The highest BCUT2D eigenvalue weighted by molar-refractivity contribution is 5.89. The van der Waals surface area contributed by atoms with Gasteiger partial charge in [-0.15, -0.1) is 0 Å². The van der Waals surface area contributed by atoms with Crippen molar-refractivity contribution in [2.75, 3.05) is 26.9 Å². The number of amides is 2. The summed E-state index contributed by atoms with van der Waals surface area (Å²) in [7, 11) is 1.63. The van der Waals surface area contributed by atoms with E-state index in [4.69, 9.17) is 9.47 Å². The Labute approximate surface area is 142 Å². The zero-order valence-corrected chi connectivity index (χ0v) is 14.0. The number of nitrogens with one attached hydrogen (secondary N) is 1. The van der Waals surface area contributed by atoms with Gasteiger partial charge in [-0.3, -0.25) is 9.59 Å². The minimum atomic E-state index is -0.223. The highest BCUT2D eigenvalue weighted by Gasteiger charge is 2.41. The Morgan fingerprint density at radius 2 is 2.17 bits per heavy atom. The molecule has 1 aromatic rings. The van der Waals surface area contributed by atoms with E-state index in [1.807, 2.05) is 29.2 Å². The van der Waals surface area contributed by atoms with Crippen LogP contribution in [0.2, 0.25) is 0 Å². The Hall–Kier alpha value is -2.08. The lowest BCUT2D eigenvalue weighted by Gasteiger charge is -2.15. The van der Waals surface area contributed by atoms with E-state index >= 15 is 0 Å². The second-order valence-corrected chi connectivity index (χ2v) is 6.38. The largest absolute Gasteiger partial charge is 0.491 e. The van der Waals surface area contributed by atoms with Crippen molar-refractivity contribution in [1.29, 1.82) is 0 Å². The van der Waals surface area contributed by atoms with Crippen molar-refractivity contribution < 1.29 is 19.1 Å². The van der Waals surface area contributed by atoms with E-state index in [1.54, 1.807) is 7.11 Å². The first-order valence-electron chi connectivity index (χ1n) is 8.45. The monoisotopic (exact) mass is 332 g/mol. The van der Waals surface area contributed by atoms with Crippen LogP contribution in [0, 0.1) is 5.92 Å². The fourth-order valence-corrected chi connectivity index (χ4v) is 2.97. The third kappa shape index (κ3) is 4.26. The van der Waals surface area contributed by atoms with Crippen LogP contribution in [0.4, 0.5) is 0 Å². The summed E-state index contributed by atoms with van der Waals surface area (Å²) in [6.45, 7) is 2.03. The third-order valence-corrected chi connectivity index (χ3v) is 4.44. The Morgan fingerprint density at radius 1 is 1.33 bits per heavy atom. The molecule has 1 unspecified atom stereocenters. The van der Waals surface area contributed by atoms with Gasteiger partial charge in [-0.05, 0) is 30.5 Å². The zero-order valence-electron chi connectivity index (χ0n) is 14.0. The van der Waals surface area contributed by atoms with Crippen molar-refractivity contribution in [3.63, 3.8) is 0 Å². The van der Waals surface area contributed by atoms with E-state index < -0.39 is 0 Å². The van der Waals surface area contributed by atoms with E-state index in [2.05, 4.69) is 5.32 Å². The van der Waals surface area contributed by atoms with Crippen molar-refractivity contribution >= 4 is 11.8 Å². The van der Waals surface area contributed by atoms with Gasteiger partial charge in [0.2, 0.25) is 11.8 Å². The molecule has 1 aromatic carbocycles. The van der Waals surface area contributed by atoms with Gasteiger partial charge in [-0.25, -0.2) is 0 Å². The van der Waals surface area contributed by atoms with E-state index in [0.29, 0.717) is 38.8 Å². The molecule has 0 aromatic heterocycles. The number of benzene rings is 1. The highest BCUT2D eigenvalue weighted by atomic mass is 16.5. The van der Waals surface area contributed by atoms with Crippen LogP contribution in [-0.2, 0) is 20.9 Å². The molecule has 1 N–H and O–H groups in total. The van der Waals surface area contributed by atoms with Crippen LogP contribution in [0.25, 0.3) is 0 Å². The minimum Gasteiger partial charge on any atom is -0.491 e. The number of hydrogen-bond donors (Lipinski definition) is 1. The summed E-state index contributed by atoms with van der Waals surface area (Å²) in [5, 5.41) is 2.94. The molecule has 2 aliphatic rings. The van der Waals surface area contributed by atoms with Crippen molar-refractivity contribution in [2.45, 2.75) is 31.8 Å². The summed E-state index contributed by atoms with van der Waals surface area (Å²) in [5.74, 6) is 0.609. The van der Waals surface area contributed by atoms with Gasteiger partial charge < -0.3 is 19.7 Å². The fraction of sp³-hybridized carbons (Fsp3) is 0.556. The number of rotatable bonds is 8. The van der Waals surface area contributed by atoms with Crippen LogP contribution in [0.5, 0.6) is 5.75 Å². The number of hydrogen-bond acceptors (Lipinski definition) is 4. The molecule has 1 heterocycles. The number of likely N-dealkylation sites (tertiary alicyclic amines) is 1. The van der Waals surface area contributed by atoms with Gasteiger partial charge in [-0.1, -0.05) is 12.1 Å². The second-order valence-electron chi connectivity index (χ2n) is 6.38. The maximum atomic E-state index is 12.3. The minimum absolute atomic E-state index is 0.0443. The Morgan fingerprint density at radius 3 is 2.92 bits per heavy atom. The summed E-state index contributed by atoms with van der Waals surface area (Å²) < 4.78 is 10.5. The summed E-state index contributed by atoms with van der Waals surface area (Å²) in [4.78, 5) is 26.1. The van der Waals surface area contributed by atoms with Gasteiger partial charge in [0.25, 0.3) is 0 Å². The third-order valence-electron chi connectivity index (χ3n) is 4.44. The molecule has 0 bridgehead atoms. The van der Waals surface area contributed by atoms with Crippen LogP contribution in [0.15, 0.2) is 24.3 Å². The second kappa shape index (κ2) is 7.66. The molecular weight excluding hydrogens is 308 g/mol. The standard InChI is InChI=1S/C18H24N2O4/c1-23-7-8-24-16-4-2-3-13(9-16)11-19-18(22)14-10-17(21)20(12-14)15-5-6-15/h2-4,9,14-15H,5-8,10-12H2,1H3,(H,19,22). The van der Waals surface area contributed by atoms with Crippen LogP contribution in [0.1, 0.15) is 24.8 Å². The molecule has 130 valence electrons. The van der Waals surface area contributed by atoms with Gasteiger partial charge in [0.05, 0.1) is 12.5 Å². The van der Waals surface area contributed by atoms with Gasteiger partial charge >= 0.3 is 0 Å². The summed E-state index contributed by atoms with van der Waals surface area (Å²) in [6.07, 6.45) is 2.49. The number of carbonyl (C=O) groups excluding carboxylic acids is 2. The average Bonchev–Trinajstić information content (AvgIpc) is 3.35. The number of carbonyl (C=O) groups is 2. The Balaban J connectivity index is 1.47. The SMILES string of the molecule is COCCOc1cccc(CNC(=O)C2CC(=O)N(C3CC3)C2)c1. The number of ether oxygens (including phenoxy) is 2. The Bertz CT molecular complexity index is 600. The summed E-state index contributed by atoms with van der Waals surface area (Å²) >= 11 is 0. The summed E-state index contributed by atoms with van der Waals surface area (Å²) in [5.41, 5.74) is 0.974. The molecule has 0 radical (unpaired) electrons.